The van der Waals surface area contributed by atoms with E-state index in [1.165, 1.54) is 0 Å². The van der Waals surface area contributed by atoms with E-state index in [0.717, 1.165) is 0 Å². The Balaban J connectivity index is 6.69. The van der Waals surface area contributed by atoms with Crippen molar-refractivity contribution in [3.63, 3.8) is 0 Å². The topological polar surface area (TPSA) is 6.48 Å². The summed E-state index contributed by atoms with van der Waals surface area (Å²) in [6.07, 6.45) is 0. The van der Waals surface area contributed by atoms with E-state index < -0.39 is 18.9 Å². The summed E-state index contributed by atoms with van der Waals surface area (Å²) in [5.41, 5.74) is 0.675. The monoisotopic (exact) mass is 434 g/mol. The number of nitrogens with zero attached hydrogens (tertiary/aromatic N) is 2. The molecule has 0 rings (SSSR count). The molecular formula is C20H46N2Sn. The Morgan fingerprint density at radius 1 is 0.522 bits per heavy atom. The standard InChI is InChI=1S/2C8H18N.C3H7.CH3.Sn/c2*1-7(2,3)9-8(4,5)6;1-3-2;;/h2*1-6H3;3H,1-2H3;1H3;/q2*-1;;;+2. The minimum atomic E-state index is -2.93. The second kappa shape index (κ2) is 6.79. The molecule has 0 aliphatic heterocycles. The Morgan fingerprint density at radius 3 is 0.783 bits per heavy atom. The van der Waals surface area contributed by atoms with Crippen molar-refractivity contribution in [2.75, 3.05) is 0 Å². The maximum absolute atomic E-state index is 2.94. The average Bonchev–Trinajstić information content (AvgIpc) is 2.05. The summed E-state index contributed by atoms with van der Waals surface area (Å²) < 4.78 is 6.59. The Hall–Kier alpha value is 0.719. The summed E-state index contributed by atoms with van der Waals surface area (Å²) in [7, 11) is 0. The average molecular weight is 433 g/mol. The molecule has 0 aliphatic carbocycles. The third-order valence-electron chi connectivity index (χ3n) is 4.68. The molecule has 0 aromatic heterocycles. The van der Waals surface area contributed by atoms with E-state index in [1.54, 1.807) is 0 Å². The Bertz CT molecular complexity index is 326. The van der Waals surface area contributed by atoms with Crippen LogP contribution in [-0.4, -0.2) is 47.3 Å². The van der Waals surface area contributed by atoms with Gasteiger partial charge in [-0.1, -0.05) is 0 Å². The Morgan fingerprint density at radius 2 is 0.696 bits per heavy atom. The maximum atomic E-state index is 2.94. The van der Waals surface area contributed by atoms with Crippen LogP contribution in [0.15, 0.2) is 0 Å². The van der Waals surface area contributed by atoms with E-state index in [-0.39, 0.29) is 22.2 Å². The van der Waals surface area contributed by atoms with Crippen molar-refractivity contribution in [1.82, 2.24) is 6.24 Å². The van der Waals surface area contributed by atoms with Crippen LogP contribution in [0.1, 0.15) is 96.9 Å². The van der Waals surface area contributed by atoms with Crippen LogP contribution in [-0.2, 0) is 0 Å². The van der Waals surface area contributed by atoms with E-state index in [0.29, 0.717) is 3.93 Å². The van der Waals surface area contributed by atoms with Gasteiger partial charge in [0.1, 0.15) is 0 Å². The Kier molecular flexibility index (Phi) is 7.01. The fourth-order valence-corrected chi connectivity index (χ4v) is 24.4. The summed E-state index contributed by atoms with van der Waals surface area (Å²) in [5, 5.41) is 0. The van der Waals surface area contributed by atoms with Crippen LogP contribution in [0.5, 0.6) is 0 Å². The van der Waals surface area contributed by atoms with Gasteiger partial charge in [-0.2, -0.15) is 0 Å². The third kappa shape index (κ3) is 5.34. The summed E-state index contributed by atoms with van der Waals surface area (Å²) in [4.78, 5) is 2.66. The molecule has 0 N–H and O–H groups in total. The molecule has 0 heterocycles. The van der Waals surface area contributed by atoms with Crippen molar-refractivity contribution in [3.8, 4) is 0 Å². The molecule has 0 aromatic carbocycles. The molecule has 0 spiro atoms. The summed E-state index contributed by atoms with van der Waals surface area (Å²) >= 11 is -2.93. The summed E-state index contributed by atoms with van der Waals surface area (Å²) in [6, 6.07) is 0. The van der Waals surface area contributed by atoms with E-state index in [2.05, 4.69) is 108 Å². The van der Waals surface area contributed by atoms with E-state index in [9.17, 15) is 0 Å². The van der Waals surface area contributed by atoms with Crippen molar-refractivity contribution in [2.24, 2.45) is 0 Å². The zero-order valence-electron chi connectivity index (χ0n) is 19.0. The fraction of sp³-hybridized carbons (Fsp3) is 1.00. The first kappa shape index (κ1) is 23.7. The van der Waals surface area contributed by atoms with Crippen molar-refractivity contribution in [3.05, 3.63) is 0 Å². The van der Waals surface area contributed by atoms with Crippen LogP contribution in [0.2, 0.25) is 8.87 Å². The van der Waals surface area contributed by atoms with Crippen LogP contribution in [0, 0.1) is 0 Å². The molecule has 2 nitrogen and oxygen atoms in total. The normalized spacial score (nSPS) is 15.9. The van der Waals surface area contributed by atoms with Crippen molar-refractivity contribution in [1.29, 1.82) is 0 Å². The van der Waals surface area contributed by atoms with E-state index >= 15 is 0 Å². The fourth-order valence-electron chi connectivity index (χ4n) is 5.35. The molecule has 0 amide bonds. The first-order chi connectivity index (χ1) is 9.68. The van der Waals surface area contributed by atoms with Gasteiger partial charge < -0.3 is 0 Å². The summed E-state index contributed by atoms with van der Waals surface area (Å²) in [6.45, 7) is 33.8. The first-order valence-corrected chi connectivity index (χ1v) is 16.3. The van der Waals surface area contributed by atoms with Crippen LogP contribution >= 0.6 is 0 Å². The second-order valence-corrected chi connectivity index (χ2v) is 23.7. The minimum absolute atomic E-state index is 0.169. The van der Waals surface area contributed by atoms with Crippen molar-refractivity contribution >= 4 is 18.9 Å². The van der Waals surface area contributed by atoms with Gasteiger partial charge in [-0.25, -0.2) is 0 Å². The molecule has 140 valence electrons. The molecule has 0 fully saturated rings. The third-order valence-corrected chi connectivity index (χ3v) is 23.8. The molecule has 0 aromatic rings. The SMILES string of the molecule is C[CH](C)[Sn]([CH3])([N](C(C)(C)C)C(C)(C)C)[N](C(C)(C)C)C(C)(C)C. The van der Waals surface area contributed by atoms with Gasteiger partial charge >= 0.3 is 153 Å². The van der Waals surface area contributed by atoms with Crippen LogP contribution in [0.3, 0.4) is 0 Å². The van der Waals surface area contributed by atoms with Crippen LogP contribution < -0.4 is 0 Å². The molecule has 0 saturated heterocycles. The van der Waals surface area contributed by atoms with Gasteiger partial charge in [-0.3, -0.25) is 0 Å². The van der Waals surface area contributed by atoms with Crippen molar-refractivity contribution < 1.29 is 0 Å². The van der Waals surface area contributed by atoms with Gasteiger partial charge in [-0.05, 0) is 0 Å². The molecule has 0 bridgehead atoms. The zero-order valence-corrected chi connectivity index (χ0v) is 21.8. The second-order valence-electron chi connectivity index (χ2n) is 11.6. The molecule has 0 atom stereocenters. The van der Waals surface area contributed by atoms with E-state index in [1.807, 2.05) is 0 Å². The van der Waals surface area contributed by atoms with Crippen LogP contribution in [0.25, 0.3) is 0 Å². The molecule has 3 heteroatoms. The van der Waals surface area contributed by atoms with Gasteiger partial charge in [0, 0.05) is 0 Å². The molecule has 0 radical (unpaired) electrons. The van der Waals surface area contributed by atoms with Gasteiger partial charge in [0.15, 0.2) is 0 Å². The molecule has 0 saturated carbocycles. The molecule has 0 unspecified atom stereocenters. The quantitative estimate of drug-likeness (QED) is 0.485. The molecule has 0 aliphatic rings. The molecule has 23 heavy (non-hydrogen) atoms. The Labute approximate surface area is 153 Å². The van der Waals surface area contributed by atoms with Crippen molar-refractivity contribution in [2.45, 2.75) is 128 Å². The zero-order chi connectivity index (χ0) is 19.2. The number of hydrogen-bond donors (Lipinski definition) is 0. The van der Waals surface area contributed by atoms with Gasteiger partial charge in [0.05, 0.1) is 0 Å². The first-order valence-electron chi connectivity index (χ1n) is 9.29. The predicted octanol–water partition coefficient (Wildman–Crippen LogP) is 6.27. The predicted molar refractivity (Wildman–Crippen MR) is 109 cm³/mol. The van der Waals surface area contributed by atoms with Crippen LogP contribution in [0.4, 0.5) is 0 Å². The van der Waals surface area contributed by atoms with Gasteiger partial charge in [0.2, 0.25) is 0 Å². The van der Waals surface area contributed by atoms with E-state index in [4.69, 9.17) is 0 Å². The van der Waals surface area contributed by atoms with Gasteiger partial charge in [-0.15, -0.1) is 0 Å². The summed E-state index contributed by atoms with van der Waals surface area (Å²) in [5.74, 6) is 0. The number of hydrogen-bond acceptors (Lipinski definition) is 2. The van der Waals surface area contributed by atoms with Gasteiger partial charge in [0.25, 0.3) is 0 Å². The number of rotatable bonds is 3. The molecular weight excluding hydrogens is 387 g/mol.